The van der Waals surface area contributed by atoms with Crippen molar-refractivity contribution in [3.8, 4) is 11.5 Å². The molecule has 0 saturated carbocycles. The summed E-state index contributed by atoms with van der Waals surface area (Å²) in [5, 5.41) is 18.6. The molecule has 1 aromatic carbocycles. The minimum atomic E-state index is -0.790. The second-order valence-corrected chi connectivity index (χ2v) is 6.15. The molecule has 0 bridgehead atoms. The highest BCUT2D eigenvalue weighted by molar-refractivity contribution is 6.31. The number of amidine groups is 1. The number of primary amides is 1. The summed E-state index contributed by atoms with van der Waals surface area (Å²) in [6.07, 6.45) is 2.66. The summed E-state index contributed by atoms with van der Waals surface area (Å²) in [5.41, 5.74) is 21.5. The molecule has 11 heteroatoms. The number of rotatable bonds is 6. The van der Waals surface area contributed by atoms with Crippen molar-refractivity contribution in [2.24, 2.45) is 16.5 Å². The number of aromatic hydroxyl groups is 2. The lowest BCUT2D eigenvalue weighted by atomic mass is 10.1. The number of amides is 1. The number of nitrogens with two attached hydrogens (primary N) is 4. The van der Waals surface area contributed by atoms with Gasteiger partial charge >= 0.3 is 0 Å². The molecular weight excluding hydrogens is 386 g/mol. The lowest BCUT2D eigenvalue weighted by Crippen LogP contribution is -2.17. The van der Waals surface area contributed by atoms with Crippen LogP contribution in [0.25, 0.3) is 0 Å². The Kier molecular flexibility index (Phi) is 8.76. The number of aliphatic imine (C=N–C) groups is 1. The largest absolute Gasteiger partial charge is 0.508 e. The van der Waals surface area contributed by atoms with Crippen LogP contribution < -0.4 is 22.9 Å². The summed E-state index contributed by atoms with van der Waals surface area (Å²) < 4.78 is 0. The van der Waals surface area contributed by atoms with E-state index < -0.39 is 5.91 Å². The zero-order chi connectivity index (χ0) is 21.3. The lowest BCUT2D eigenvalue weighted by Gasteiger charge is -2.04. The summed E-state index contributed by atoms with van der Waals surface area (Å²) in [7, 11) is 0. The summed E-state index contributed by atoms with van der Waals surface area (Å²) in [5.74, 6) is -0.0962. The number of hydrogen-bond acceptors (Lipinski definition) is 8. The molecule has 10 nitrogen and oxygen atoms in total. The number of anilines is 2. The van der Waals surface area contributed by atoms with E-state index in [0.717, 1.165) is 31.4 Å². The number of hydrogen-bond donors (Lipinski definition) is 6. The number of halogens is 1. The first-order valence-electron chi connectivity index (χ1n) is 8.27. The summed E-state index contributed by atoms with van der Waals surface area (Å²) in [6.45, 7) is 2.49. The van der Waals surface area contributed by atoms with Crippen molar-refractivity contribution in [3.63, 3.8) is 0 Å². The Hall–Kier alpha value is -3.27. The Bertz CT molecular complexity index is 855. The van der Waals surface area contributed by atoms with E-state index in [4.69, 9.17) is 39.6 Å². The van der Waals surface area contributed by atoms with Crippen LogP contribution >= 0.6 is 11.6 Å². The average Bonchev–Trinajstić information content (AvgIpc) is 2.59. The molecule has 0 spiro atoms. The van der Waals surface area contributed by atoms with E-state index in [9.17, 15) is 9.90 Å². The fourth-order valence-electron chi connectivity index (χ4n) is 2.07. The van der Waals surface area contributed by atoms with Crippen LogP contribution in [0, 0.1) is 0 Å². The number of aromatic nitrogens is 2. The van der Waals surface area contributed by atoms with Crippen molar-refractivity contribution < 1.29 is 15.0 Å². The van der Waals surface area contributed by atoms with E-state index in [-0.39, 0.29) is 34.0 Å². The third-order valence-electron chi connectivity index (χ3n) is 3.42. The van der Waals surface area contributed by atoms with Crippen molar-refractivity contribution in [2.45, 2.75) is 26.2 Å². The van der Waals surface area contributed by atoms with Crippen LogP contribution in [-0.2, 0) is 6.42 Å². The molecule has 0 aliphatic heterocycles. The van der Waals surface area contributed by atoms with Gasteiger partial charge in [0.25, 0.3) is 5.91 Å². The number of benzene rings is 1. The number of phenolic OH excluding ortho intramolecular Hbond substituents is 2. The van der Waals surface area contributed by atoms with E-state index >= 15 is 0 Å². The van der Waals surface area contributed by atoms with Crippen molar-refractivity contribution in [3.05, 3.63) is 34.6 Å². The van der Waals surface area contributed by atoms with Crippen LogP contribution in [0.1, 0.15) is 35.8 Å². The zero-order valence-corrected chi connectivity index (χ0v) is 16.1. The number of nitrogens with zero attached hydrogens (tertiary/aromatic N) is 3. The Balaban J connectivity index is 0.000000292. The highest BCUT2D eigenvalue weighted by Gasteiger charge is 2.12. The number of carbonyl (C=O) groups is 1. The van der Waals surface area contributed by atoms with E-state index in [1.807, 2.05) is 0 Å². The maximum atomic E-state index is 10.6. The van der Waals surface area contributed by atoms with Gasteiger partial charge in [-0.25, -0.2) is 9.97 Å². The molecular formula is C17H24ClN7O3. The molecule has 2 aromatic rings. The molecule has 0 unspecified atom stereocenters. The second kappa shape index (κ2) is 10.8. The van der Waals surface area contributed by atoms with Gasteiger partial charge in [0.1, 0.15) is 11.5 Å². The van der Waals surface area contributed by atoms with E-state index in [1.54, 1.807) is 19.1 Å². The van der Waals surface area contributed by atoms with Crippen LogP contribution in [0.4, 0.5) is 11.6 Å². The van der Waals surface area contributed by atoms with Crippen LogP contribution in [0.2, 0.25) is 5.15 Å². The van der Waals surface area contributed by atoms with E-state index in [1.165, 1.54) is 6.07 Å². The standard InChI is InChI=1S/C12H18N2O2.C5H6ClN5O/c1-9(13)14-7-3-2-4-10-5-6-11(15)8-12(10)16;6-2-4(8)11-3(7)1(10-2)5(9)12/h5-6,8,15-16H,2-4,7H2,1H3,(H2,13,14);(H2,9,12)(H4,7,8,11). The molecule has 0 aliphatic rings. The molecule has 10 N–H and O–H groups in total. The molecule has 1 aromatic heterocycles. The van der Waals surface area contributed by atoms with Gasteiger partial charge in [-0.15, -0.1) is 0 Å². The maximum absolute atomic E-state index is 10.6. The molecule has 2 rings (SSSR count). The highest BCUT2D eigenvalue weighted by Crippen LogP contribution is 2.23. The highest BCUT2D eigenvalue weighted by atomic mass is 35.5. The molecule has 152 valence electrons. The van der Waals surface area contributed by atoms with Crippen molar-refractivity contribution in [2.75, 3.05) is 18.0 Å². The minimum Gasteiger partial charge on any atom is -0.508 e. The molecule has 1 amide bonds. The molecule has 0 saturated heterocycles. The number of phenols is 2. The fraction of sp³-hybridized carbons (Fsp3) is 0.294. The Morgan fingerprint density at radius 1 is 1.14 bits per heavy atom. The molecule has 1 heterocycles. The first-order valence-corrected chi connectivity index (χ1v) is 8.65. The number of carbonyl (C=O) groups excluding carboxylic acids is 1. The molecule has 0 aliphatic carbocycles. The summed E-state index contributed by atoms with van der Waals surface area (Å²) in [6, 6.07) is 4.68. The maximum Gasteiger partial charge on any atom is 0.271 e. The first-order chi connectivity index (χ1) is 13.1. The molecule has 28 heavy (non-hydrogen) atoms. The van der Waals surface area contributed by atoms with Gasteiger partial charge in [-0.2, -0.15) is 0 Å². The third-order valence-corrected chi connectivity index (χ3v) is 3.70. The van der Waals surface area contributed by atoms with Gasteiger partial charge in [0.05, 0.1) is 5.84 Å². The third kappa shape index (κ3) is 7.54. The summed E-state index contributed by atoms with van der Waals surface area (Å²) >= 11 is 5.47. The van der Waals surface area contributed by atoms with Crippen molar-refractivity contribution in [1.29, 1.82) is 0 Å². The Labute approximate surface area is 167 Å². The van der Waals surface area contributed by atoms with Crippen LogP contribution in [-0.4, -0.2) is 38.5 Å². The molecule has 0 fully saturated rings. The van der Waals surface area contributed by atoms with Gasteiger partial charge in [-0.3, -0.25) is 9.79 Å². The van der Waals surface area contributed by atoms with E-state index in [2.05, 4.69) is 15.0 Å². The Morgan fingerprint density at radius 3 is 2.39 bits per heavy atom. The van der Waals surface area contributed by atoms with Gasteiger partial charge in [-0.1, -0.05) is 17.7 Å². The Morgan fingerprint density at radius 2 is 1.82 bits per heavy atom. The summed E-state index contributed by atoms with van der Waals surface area (Å²) in [4.78, 5) is 21.8. The smallest absolute Gasteiger partial charge is 0.271 e. The SMILES string of the molecule is CC(N)=NCCCCc1ccc(O)cc1O.NC(=O)c1nc(Cl)c(N)nc1N. The normalized spacial score (nSPS) is 10.9. The van der Waals surface area contributed by atoms with Gasteiger partial charge in [0.15, 0.2) is 22.5 Å². The van der Waals surface area contributed by atoms with Gasteiger partial charge < -0.3 is 33.1 Å². The zero-order valence-electron chi connectivity index (χ0n) is 15.4. The van der Waals surface area contributed by atoms with E-state index in [0.29, 0.717) is 5.84 Å². The predicted molar refractivity (Wildman–Crippen MR) is 109 cm³/mol. The minimum absolute atomic E-state index is 0.0285. The fourth-order valence-corrected chi connectivity index (χ4v) is 2.20. The first kappa shape index (κ1) is 22.8. The molecule has 0 atom stereocenters. The van der Waals surface area contributed by atoms with Crippen molar-refractivity contribution >= 4 is 35.0 Å². The second-order valence-electron chi connectivity index (χ2n) is 5.79. The van der Waals surface area contributed by atoms with Crippen LogP contribution in [0.3, 0.4) is 0 Å². The predicted octanol–water partition coefficient (Wildman–Crippen LogP) is 1.19. The van der Waals surface area contributed by atoms with Gasteiger partial charge in [0, 0.05) is 12.6 Å². The lowest BCUT2D eigenvalue weighted by molar-refractivity contribution is 0.0996. The quantitative estimate of drug-likeness (QED) is 0.232. The average molecular weight is 410 g/mol. The topological polar surface area (TPSA) is 200 Å². The van der Waals surface area contributed by atoms with Gasteiger partial charge in [0.2, 0.25) is 0 Å². The number of nitrogen functional groups attached to an aromatic ring is 2. The number of aryl methyl sites for hydroxylation is 1. The van der Waals surface area contributed by atoms with Crippen molar-refractivity contribution in [1.82, 2.24) is 9.97 Å². The number of unbranched alkanes of at least 4 members (excludes halogenated alkanes) is 1. The van der Waals surface area contributed by atoms with Crippen LogP contribution in [0.15, 0.2) is 23.2 Å². The van der Waals surface area contributed by atoms with Gasteiger partial charge in [-0.05, 0) is 37.8 Å². The monoisotopic (exact) mass is 409 g/mol. The molecule has 0 radical (unpaired) electrons. The van der Waals surface area contributed by atoms with Crippen LogP contribution in [0.5, 0.6) is 11.5 Å².